The molecule has 0 spiro atoms. The van der Waals surface area contributed by atoms with Crippen molar-refractivity contribution in [3.8, 4) is 0 Å². The number of carbonyl (C=O) groups excluding carboxylic acids is 1. The van der Waals surface area contributed by atoms with Gasteiger partial charge in [-0.25, -0.2) is 0 Å². The molecule has 0 radical (unpaired) electrons. The molecule has 0 amide bonds. The number of hydrogen-bond acceptors (Lipinski definition) is 2. The Kier molecular flexibility index (Phi) is 5.25. The minimum absolute atomic E-state index is 0.204. The molecule has 0 atom stereocenters. The number of halogens is 1. The van der Waals surface area contributed by atoms with E-state index in [9.17, 15) is 4.79 Å². The van der Waals surface area contributed by atoms with E-state index >= 15 is 0 Å². The van der Waals surface area contributed by atoms with Crippen molar-refractivity contribution in [3.05, 3.63) is 33.4 Å². The maximum absolute atomic E-state index is 11.8. The Balaban J connectivity index is 2.64. The predicted molar refractivity (Wildman–Crippen MR) is 71.3 cm³/mol. The van der Waals surface area contributed by atoms with Gasteiger partial charge in [0.25, 0.3) is 0 Å². The summed E-state index contributed by atoms with van der Waals surface area (Å²) in [6, 6.07) is 7.73. The highest BCUT2D eigenvalue weighted by molar-refractivity contribution is 14.1. The predicted octanol–water partition coefficient (Wildman–Crippen LogP) is 2.82. The summed E-state index contributed by atoms with van der Waals surface area (Å²) in [5.41, 5.74) is 0.808. The first-order valence-corrected chi connectivity index (χ1v) is 6.26. The molecule has 0 saturated carbocycles. The maximum atomic E-state index is 11.8. The Morgan fingerprint density at radius 2 is 1.73 bits per heavy atom. The first-order chi connectivity index (χ1) is 7.17. The van der Waals surface area contributed by atoms with E-state index in [1.54, 1.807) is 0 Å². The fourth-order valence-electron chi connectivity index (χ4n) is 1.38. The van der Waals surface area contributed by atoms with Gasteiger partial charge in [-0.2, -0.15) is 0 Å². The average molecular weight is 317 g/mol. The second-order valence-corrected chi connectivity index (χ2v) is 4.64. The van der Waals surface area contributed by atoms with Crippen molar-refractivity contribution in [2.45, 2.75) is 13.8 Å². The maximum Gasteiger partial charge on any atom is 0.176 e. The molecule has 0 unspecified atom stereocenters. The van der Waals surface area contributed by atoms with E-state index in [4.69, 9.17) is 0 Å². The molecule has 0 aromatic heterocycles. The SMILES string of the molecule is CCN(CC)CC(=O)c1ccc(I)cc1. The van der Waals surface area contributed by atoms with Crippen LogP contribution in [0.5, 0.6) is 0 Å². The zero-order valence-corrected chi connectivity index (χ0v) is 11.3. The molecule has 82 valence electrons. The summed E-state index contributed by atoms with van der Waals surface area (Å²) in [4.78, 5) is 14.0. The number of nitrogens with zero attached hydrogens (tertiary/aromatic N) is 1. The summed E-state index contributed by atoms with van der Waals surface area (Å²) in [6.45, 7) is 6.52. The minimum Gasteiger partial charge on any atom is -0.296 e. The Hall–Kier alpha value is -0.420. The second kappa shape index (κ2) is 6.23. The quantitative estimate of drug-likeness (QED) is 0.615. The highest BCUT2D eigenvalue weighted by Gasteiger charge is 2.09. The summed E-state index contributed by atoms with van der Waals surface area (Å²) in [5.74, 6) is 0.204. The molecule has 0 N–H and O–H groups in total. The van der Waals surface area contributed by atoms with Gasteiger partial charge in [0.15, 0.2) is 5.78 Å². The second-order valence-electron chi connectivity index (χ2n) is 3.39. The van der Waals surface area contributed by atoms with Crippen molar-refractivity contribution >= 4 is 28.4 Å². The lowest BCUT2D eigenvalue weighted by atomic mass is 10.1. The van der Waals surface area contributed by atoms with Gasteiger partial charge in [-0.05, 0) is 47.8 Å². The van der Waals surface area contributed by atoms with E-state index in [0.29, 0.717) is 6.54 Å². The third-order valence-corrected chi connectivity index (χ3v) is 3.15. The van der Waals surface area contributed by atoms with Crippen LogP contribution in [0.4, 0.5) is 0 Å². The van der Waals surface area contributed by atoms with Gasteiger partial charge in [0.1, 0.15) is 0 Å². The first-order valence-electron chi connectivity index (χ1n) is 5.18. The lowest BCUT2D eigenvalue weighted by Gasteiger charge is -2.16. The zero-order chi connectivity index (χ0) is 11.3. The van der Waals surface area contributed by atoms with Crippen LogP contribution in [0.3, 0.4) is 0 Å². The third-order valence-electron chi connectivity index (χ3n) is 2.43. The van der Waals surface area contributed by atoms with E-state index in [2.05, 4.69) is 41.3 Å². The molecule has 0 aliphatic rings. The Morgan fingerprint density at radius 3 is 2.20 bits per heavy atom. The highest BCUT2D eigenvalue weighted by Crippen LogP contribution is 2.08. The average Bonchev–Trinajstić information content (AvgIpc) is 2.26. The van der Waals surface area contributed by atoms with Crippen LogP contribution in [-0.2, 0) is 0 Å². The lowest BCUT2D eigenvalue weighted by Crippen LogP contribution is -2.29. The standard InChI is InChI=1S/C12H16INO/c1-3-14(4-2)9-12(15)10-5-7-11(13)8-6-10/h5-8H,3-4,9H2,1-2H3. The first kappa shape index (κ1) is 12.6. The molecule has 15 heavy (non-hydrogen) atoms. The van der Waals surface area contributed by atoms with Crippen molar-refractivity contribution in [2.24, 2.45) is 0 Å². The van der Waals surface area contributed by atoms with Crippen LogP contribution in [0.15, 0.2) is 24.3 Å². The molecular formula is C12H16INO. The molecule has 0 saturated heterocycles. The van der Waals surface area contributed by atoms with Gasteiger partial charge in [-0.15, -0.1) is 0 Å². The number of rotatable bonds is 5. The fraction of sp³-hybridized carbons (Fsp3) is 0.417. The molecule has 0 heterocycles. The Morgan fingerprint density at radius 1 is 1.20 bits per heavy atom. The number of hydrogen-bond donors (Lipinski definition) is 0. The zero-order valence-electron chi connectivity index (χ0n) is 9.16. The third kappa shape index (κ3) is 3.91. The van der Waals surface area contributed by atoms with Gasteiger partial charge in [0, 0.05) is 9.13 Å². The van der Waals surface area contributed by atoms with E-state index in [1.807, 2.05) is 24.3 Å². The van der Waals surface area contributed by atoms with Crippen LogP contribution in [0.2, 0.25) is 0 Å². The van der Waals surface area contributed by atoms with E-state index in [0.717, 1.165) is 22.2 Å². The smallest absolute Gasteiger partial charge is 0.176 e. The number of carbonyl (C=O) groups is 1. The molecule has 1 rings (SSSR count). The summed E-state index contributed by atoms with van der Waals surface area (Å²) in [7, 11) is 0. The van der Waals surface area contributed by atoms with Crippen molar-refractivity contribution < 1.29 is 4.79 Å². The number of likely N-dealkylation sites (N-methyl/N-ethyl adjacent to an activating group) is 1. The molecule has 0 fully saturated rings. The van der Waals surface area contributed by atoms with Crippen LogP contribution in [0.25, 0.3) is 0 Å². The van der Waals surface area contributed by atoms with Gasteiger partial charge in [-0.3, -0.25) is 9.69 Å². The molecule has 0 aliphatic carbocycles. The lowest BCUT2D eigenvalue weighted by molar-refractivity contribution is 0.0937. The van der Waals surface area contributed by atoms with E-state index < -0.39 is 0 Å². The van der Waals surface area contributed by atoms with Crippen molar-refractivity contribution in [2.75, 3.05) is 19.6 Å². The highest BCUT2D eigenvalue weighted by atomic mass is 127. The molecule has 0 aliphatic heterocycles. The van der Waals surface area contributed by atoms with Crippen molar-refractivity contribution in [3.63, 3.8) is 0 Å². The number of Topliss-reactive ketones (excluding diaryl/α,β-unsaturated/α-hetero) is 1. The summed E-state index contributed by atoms with van der Waals surface area (Å²) in [6.07, 6.45) is 0. The van der Waals surface area contributed by atoms with Crippen LogP contribution < -0.4 is 0 Å². The van der Waals surface area contributed by atoms with Gasteiger partial charge >= 0.3 is 0 Å². The Labute approximate surface area is 105 Å². The van der Waals surface area contributed by atoms with E-state index in [-0.39, 0.29) is 5.78 Å². The van der Waals surface area contributed by atoms with Crippen molar-refractivity contribution in [1.29, 1.82) is 0 Å². The molecule has 2 nitrogen and oxygen atoms in total. The van der Waals surface area contributed by atoms with Crippen LogP contribution in [0.1, 0.15) is 24.2 Å². The van der Waals surface area contributed by atoms with Crippen molar-refractivity contribution in [1.82, 2.24) is 4.90 Å². The van der Waals surface area contributed by atoms with Crippen LogP contribution >= 0.6 is 22.6 Å². The molecular weight excluding hydrogens is 301 g/mol. The fourth-order valence-corrected chi connectivity index (χ4v) is 1.74. The molecule has 1 aromatic rings. The van der Waals surface area contributed by atoms with Gasteiger partial charge < -0.3 is 0 Å². The van der Waals surface area contributed by atoms with E-state index in [1.165, 1.54) is 0 Å². The molecule has 0 bridgehead atoms. The van der Waals surface area contributed by atoms with Crippen LogP contribution in [0, 0.1) is 3.57 Å². The monoisotopic (exact) mass is 317 g/mol. The largest absolute Gasteiger partial charge is 0.296 e. The summed E-state index contributed by atoms with van der Waals surface area (Å²) >= 11 is 2.24. The van der Waals surface area contributed by atoms with Gasteiger partial charge in [-0.1, -0.05) is 26.0 Å². The summed E-state index contributed by atoms with van der Waals surface area (Å²) < 4.78 is 1.16. The van der Waals surface area contributed by atoms with Gasteiger partial charge in [0.05, 0.1) is 6.54 Å². The molecule has 1 aromatic carbocycles. The minimum atomic E-state index is 0.204. The normalized spacial score (nSPS) is 10.7. The summed E-state index contributed by atoms with van der Waals surface area (Å²) in [5, 5.41) is 0. The van der Waals surface area contributed by atoms with Gasteiger partial charge in [0.2, 0.25) is 0 Å². The molecule has 3 heteroatoms. The number of ketones is 1. The van der Waals surface area contributed by atoms with Crippen LogP contribution in [-0.4, -0.2) is 30.3 Å². The topological polar surface area (TPSA) is 20.3 Å². The number of benzene rings is 1. The Bertz CT molecular complexity index is 317.